The van der Waals surface area contributed by atoms with Crippen molar-refractivity contribution in [2.24, 2.45) is 5.41 Å². The van der Waals surface area contributed by atoms with Gasteiger partial charge >= 0.3 is 0 Å². The lowest BCUT2D eigenvalue weighted by atomic mass is 9.93. The Morgan fingerprint density at radius 2 is 1.93 bits per heavy atom. The third kappa shape index (κ3) is 4.17. The number of nitrogens with zero attached hydrogens (tertiary/aromatic N) is 1. The zero-order valence-electron chi connectivity index (χ0n) is 17.3. The second kappa shape index (κ2) is 7.59. The summed E-state index contributed by atoms with van der Waals surface area (Å²) in [7, 11) is -2.24. The molecule has 0 aliphatic carbocycles. The Bertz CT molecular complexity index is 1050. The number of aryl methyl sites for hydroxylation is 1. The van der Waals surface area contributed by atoms with Crippen molar-refractivity contribution in [2.75, 3.05) is 29.9 Å². The predicted molar refractivity (Wildman–Crippen MR) is 112 cm³/mol. The van der Waals surface area contributed by atoms with Gasteiger partial charge in [0, 0.05) is 7.05 Å². The predicted octanol–water partition coefficient (Wildman–Crippen LogP) is 3.58. The summed E-state index contributed by atoms with van der Waals surface area (Å²) in [4.78, 5) is 14.3. The molecule has 1 aliphatic rings. The van der Waals surface area contributed by atoms with Gasteiger partial charge in [-0.1, -0.05) is 6.07 Å². The third-order valence-corrected chi connectivity index (χ3v) is 6.14. The molecule has 2 aromatic carbocycles. The molecular formula is C21H26N2O5S. The highest BCUT2D eigenvalue weighted by atomic mass is 32.2. The zero-order valence-corrected chi connectivity index (χ0v) is 18.1. The molecule has 0 spiro atoms. The molecule has 156 valence electrons. The van der Waals surface area contributed by atoms with Gasteiger partial charge in [0.2, 0.25) is 5.91 Å². The summed E-state index contributed by atoms with van der Waals surface area (Å²) in [6, 6.07) is 9.89. The maximum absolute atomic E-state index is 13.0. The number of amides is 1. The van der Waals surface area contributed by atoms with E-state index < -0.39 is 15.4 Å². The second-order valence-electron chi connectivity index (χ2n) is 7.71. The van der Waals surface area contributed by atoms with E-state index in [1.807, 2.05) is 20.8 Å². The summed E-state index contributed by atoms with van der Waals surface area (Å²) in [5, 5.41) is 0. The molecule has 7 nitrogen and oxygen atoms in total. The first-order chi connectivity index (χ1) is 13.5. The number of benzene rings is 2. The lowest BCUT2D eigenvalue weighted by molar-refractivity contribution is -0.127. The number of anilines is 2. The van der Waals surface area contributed by atoms with E-state index in [1.165, 1.54) is 4.90 Å². The molecule has 1 heterocycles. The maximum atomic E-state index is 13.0. The van der Waals surface area contributed by atoms with E-state index in [2.05, 4.69) is 4.72 Å². The molecule has 3 rings (SSSR count). The quantitative estimate of drug-likeness (QED) is 0.802. The number of carbonyl (C=O) groups excluding carboxylic acids is 1. The van der Waals surface area contributed by atoms with E-state index in [4.69, 9.17) is 9.47 Å². The number of fused-ring (bicyclic) bond motifs is 1. The molecule has 0 unspecified atom stereocenters. The summed E-state index contributed by atoms with van der Waals surface area (Å²) in [5.74, 6) is 0.714. The molecule has 1 aliphatic heterocycles. The first-order valence-corrected chi connectivity index (χ1v) is 10.8. The van der Waals surface area contributed by atoms with Crippen LogP contribution in [-0.4, -0.2) is 34.6 Å². The molecule has 0 aromatic heterocycles. The highest BCUT2D eigenvalue weighted by molar-refractivity contribution is 7.92. The van der Waals surface area contributed by atoms with Crippen LogP contribution in [0.5, 0.6) is 11.5 Å². The van der Waals surface area contributed by atoms with Crippen LogP contribution in [0.1, 0.15) is 26.3 Å². The first-order valence-electron chi connectivity index (χ1n) is 9.36. The number of sulfonamides is 1. The molecule has 0 atom stereocenters. The van der Waals surface area contributed by atoms with Gasteiger partial charge < -0.3 is 14.4 Å². The van der Waals surface area contributed by atoms with Gasteiger partial charge in [-0.15, -0.1) is 0 Å². The van der Waals surface area contributed by atoms with Crippen molar-refractivity contribution in [3.63, 3.8) is 0 Å². The van der Waals surface area contributed by atoms with E-state index in [1.54, 1.807) is 50.4 Å². The normalized spacial score (nSPS) is 15.9. The minimum Gasteiger partial charge on any atom is -0.492 e. The molecule has 2 aromatic rings. The summed E-state index contributed by atoms with van der Waals surface area (Å²) in [6.45, 7) is 7.84. The molecule has 1 amide bonds. The van der Waals surface area contributed by atoms with Crippen LogP contribution in [0.4, 0.5) is 11.4 Å². The van der Waals surface area contributed by atoms with Crippen LogP contribution in [0.15, 0.2) is 41.3 Å². The largest absolute Gasteiger partial charge is 0.492 e. The Balaban J connectivity index is 1.98. The Morgan fingerprint density at radius 3 is 2.62 bits per heavy atom. The van der Waals surface area contributed by atoms with Crippen molar-refractivity contribution in [2.45, 2.75) is 32.6 Å². The molecule has 0 radical (unpaired) electrons. The van der Waals surface area contributed by atoms with Crippen LogP contribution in [-0.2, 0) is 14.8 Å². The van der Waals surface area contributed by atoms with Gasteiger partial charge in [-0.25, -0.2) is 8.42 Å². The van der Waals surface area contributed by atoms with E-state index in [0.717, 1.165) is 5.56 Å². The summed E-state index contributed by atoms with van der Waals surface area (Å²) in [6.07, 6.45) is 0. The van der Waals surface area contributed by atoms with Gasteiger partial charge in [0.05, 0.1) is 23.4 Å². The minimum atomic E-state index is -3.90. The molecule has 0 saturated heterocycles. The first kappa shape index (κ1) is 21.0. The average Bonchev–Trinajstić information content (AvgIpc) is 2.74. The molecule has 29 heavy (non-hydrogen) atoms. The molecule has 0 bridgehead atoms. The summed E-state index contributed by atoms with van der Waals surface area (Å²) in [5.41, 5.74) is 0.962. The fraction of sp³-hybridized carbons (Fsp3) is 0.381. The number of hydrogen-bond donors (Lipinski definition) is 1. The van der Waals surface area contributed by atoms with Crippen LogP contribution in [0.3, 0.4) is 0 Å². The number of hydrogen-bond acceptors (Lipinski definition) is 5. The molecule has 8 heteroatoms. The molecular weight excluding hydrogens is 392 g/mol. The van der Waals surface area contributed by atoms with E-state index in [-0.39, 0.29) is 23.2 Å². The SMILES string of the molecule is CCOc1ccc(C)cc1S(=O)(=O)Nc1ccc2c(c1)N(C)C(=O)C(C)(C)CO2. The summed E-state index contributed by atoms with van der Waals surface area (Å²) >= 11 is 0. The van der Waals surface area contributed by atoms with E-state index in [0.29, 0.717) is 23.7 Å². The average molecular weight is 419 g/mol. The lowest BCUT2D eigenvalue weighted by Crippen LogP contribution is -2.39. The molecule has 0 fully saturated rings. The highest BCUT2D eigenvalue weighted by Gasteiger charge is 2.36. The van der Waals surface area contributed by atoms with Crippen LogP contribution in [0.2, 0.25) is 0 Å². The Labute approximate surface area is 171 Å². The topological polar surface area (TPSA) is 84.9 Å². The number of rotatable bonds is 5. The Kier molecular flexibility index (Phi) is 5.49. The lowest BCUT2D eigenvalue weighted by Gasteiger charge is -2.24. The van der Waals surface area contributed by atoms with Crippen molar-refractivity contribution < 1.29 is 22.7 Å². The van der Waals surface area contributed by atoms with Crippen molar-refractivity contribution in [1.29, 1.82) is 0 Å². The third-order valence-electron chi connectivity index (χ3n) is 4.73. The molecule has 1 N–H and O–H groups in total. The fourth-order valence-electron chi connectivity index (χ4n) is 3.16. The van der Waals surface area contributed by atoms with Gasteiger partial charge in [0.25, 0.3) is 10.0 Å². The monoisotopic (exact) mass is 418 g/mol. The Morgan fingerprint density at radius 1 is 1.21 bits per heavy atom. The van der Waals surface area contributed by atoms with Crippen LogP contribution >= 0.6 is 0 Å². The molecule has 0 saturated carbocycles. The van der Waals surface area contributed by atoms with Crippen LogP contribution < -0.4 is 19.1 Å². The zero-order chi connectivity index (χ0) is 21.4. The van der Waals surface area contributed by atoms with Crippen LogP contribution in [0.25, 0.3) is 0 Å². The standard InChI is InChI=1S/C21H26N2O5S/c1-6-27-18-9-7-14(2)11-19(18)29(25,26)22-15-8-10-17-16(12-15)23(5)20(24)21(3,4)13-28-17/h7-12,22H,6,13H2,1-5H3. The van der Waals surface area contributed by atoms with Gasteiger partial charge in [0.1, 0.15) is 23.0 Å². The van der Waals surface area contributed by atoms with E-state index in [9.17, 15) is 13.2 Å². The number of nitrogens with one attached hydrogen (secondary N) is 1. The number of carbonyl (C=O) groups is 1. The van der Waals surface area contributed by atoms with Gasteiger partial charge in [-0.3, -0.25) is 9.52 Å². The van der Waals surface area contributed by atoms with Crippen molar-refractivity contribution in [3.8, 4) is 11.5 Å². The van der Waals surface area contributed by atoms with Crippen molar-refractivity contribution in [3.05, 3.63) is 42.0 Å². The maximum Gasteiger partial charge on any atom is 0.265 e. The van der Waals surface area contributed by atoms with Crippen molar-refractivity contribution in [1.82, 2.24) is 0 Å². The summed E-state index contributed by atoms with van der Waals surface area (Å²) < 4.78 is 39.9. The smallest absolute Gasteiger partial charge is 0.265 e. The van der Waals surface area contributed by atoms with Gasteiger partial charge in [-0.05, 0) is 63.6 Å². The van der Waals surface area contributed by atoms with Gasteiger partial charge in [0.15, 0.2) is 0 Å². The second-order valence-corrected chi connectivity index (χ2v) is 9.36. The van der Waals surface area contributed by atoms with Crippen molar-refractivity contribution >= 4 is 27.3 Å². The van der Waals surface area contributed by atoms with Crippen LogP contribution in [0, 0.1) is 12.3 Å². The number of ether oxygens (including phenoxy) is 2. The Hall–Kier alpha value is -2.74. The van der Waals surface area contributed by atoms with E-state index >= 15 is 0 Å². The fourth-order valence-corrected chi connectivity index (χ4v) is 4.44. The van der Waals surface area contributed by atoms with Gasteiger partial charge in [-0.2, -0.15) is 0 Å². The highest BCUT2D eigenvalue weighted by Crippen LogP contribution is 2.38. The minimum absolute atomic E-state index is 0.0658.